The summed E-state index contributed by atoms with van der Waals surface area (Å²) in [5.74, 6) is -1.62. The third-order valence-corrected chi connectivity index (χ3v) is 7.85. The lowest BCUT2D eigenvalue weighted by atomic mass is 9.79. The van der Waals surface area contributed by atoms with Crippen molar-refractivity contribution >= 4 is 23.5 Å². The Kier molecular flexibility index (Phi) is 6.88. The van der Waals surface area contributed by atoms with Crippen LogP contribution in [0, 0.1) is 11.8 Å². The van der Waals surface area contributed by atoms with Crippen molar-refractivity contribution < 1.29 is 19.2 Å². The van der Waals surface area contributed by atoms with E-state index in [0.29, 0.717) is 18.7 Å². The maximum absolute atomic E-state index is 13.6. The number of aryl methyl sites for hydroxylation is 1. The molecule has 0 radical (unpaired) electrons. The fourth-order valence-corrected chi connectivity index (χ4v) is 6.14. The smallest absolute Gasteiger partial charge is 0.243 e. The molecule has 4 N–H and O–H groups in total. The number of hydrogen-bond donors (Lipinski definition) is 4. The maximum atomic E-state index is 13.6. The van der Waals surface area contributed by atoms with Crippen molar-refractivity contribution in [3.8, 4) is 0 Å². The molecule has 1 aliphatic heterocycles. The minimum absolute atomic E-state index is 0.0442. The van der Waals surface area contributed by atoms with E-state index in [1.807, 2.05) is 16.8 Å². The van der Waals surface area contributed by atoms with E-state index in [9.17, 15) is 19.2 Å². The molecule has 2 aromatic rings. The van der Waals surface area contributed by atoms with Gasteiger partial charge in [-0.15, -0.1) is 0 Å². The van der Waals surface area contributed by atoms with Gasteiger partial charge in [0.15, 0.2) is 0 Å². The van der Waals surface area contributed by atoms with Crippen LogP contribution in [0.1, 0.15) is 68.3 Å². The minimum Gasteiger partial charge on any atom is -0.350 e. The Labute approximate surface area is 209 Å². The monoisotopic (exact) mass is 495 g/mol. The second-order valence-electron chi connectivity index (χ2n) is 10.3. The molecule has 2 aliphatic carbocycles. The SMILES string of the molecule is CC(=O)N[C@H](C(=O)NC1CCc2ccn3c2C1C(=O)CC(C(=O)NCc1cn[nH]n1)C3)C1CCCC1. The van der Waals surface area contributed by atoms with Gasteiger partial charge in [0.2, 0.25) is 17.7 Å². The Hall–Kier alpha value is -3.50. The van der Waals surface area contributed by atoms with E-state index in [-0.39, 0.29) is 48.4 Å². The first-order chi connectivity index (χ1) is 17.4. The number of carbonyl (C=O) groups excluding carboxylic acids is 4. The molecule has 0 aromatic carbocycles. The number of rotatable bonds is 7. The summed E-state index contributed by atoms with van der Waals surface area (Å²) < 4.78 is 2.01. The van der Waals surface area contributed by atoms with Gasteiger partial charge in [-0.3, -0.25) is 19.2 Å². The fraction of sp³-hybridized carbons (Fsp3) is 0.600. The summed E-state index contributed by atoms with van der Waals surface area (Å²) in [7, 11) is 0. The summed E-state index contributed by atoms with van der Waals surface area (Å²) in [6.07, 6.45) is 8.88. The van der Waals surface area contributed by atoms with Crippen LogP contribution >= 0.6 is 0 Å². The molecule has 5 rings (SSSR count). The number of amides is 3. The van der Waals surface area contributed by atoms with E-state index >= 15 is 0 Å². The predicted molar refractivity (Wildman–Crippen MR) is 128 cm³/mol. The highest BCUT2D eigenvalue weighted by Crippen LogP contribution is 2.38. The molecule has 1 saturated carbocycles. The van der Waals surface area contributed by atoms with Crippen LogP contribution in [-0.2, 0) is 38.7 Å². The van der Waals surface area contributed by atoms with E-state index in [1.165, 1.54) is 6.92 Å². The van der Waals surface area contributed by atoms with Gasteiger partial charge in [0.25, 0.3) is 0 Å². The second kappa shape index (κ2) is 10.2. The van der Waals surface area contributed by atoms with Crippen molar-refractivity contribution in [1.29, 1.82) is 0 Å². The van der Waals surface area contributed by atoms with E-state index < -0.39 is 17.9 Å². The molecule has 36 heavy (non-hydrogen) atoms. The van der Waals surface area contributed by atoms with E-state index in [4.69, 9.17) is 0 Å². The number of carbonyl (C=O) groups is 4. The summed E-state index contributed by atoms with van der Waals surface area (Å²) in [6.45, 7) is 2.06. The standard InChI is InChI=1S/C25H33N7O4/c1-14(33)28-22(15-4-2-3-5-15)25(36)29-19-7-6-16-8-9-32-13-17(10-20(34)21(19)23(16)32)24(35)26-11-18-12-27-31-30-18/h8-9,12,15,17,19,21-22H,2-7,10-11,13H2,1H3,(H,26,35)(H,28,33)(H,29,36)(H,27,30,31)/t17?,19?,21?,22-/m0/s1. The number of aromatic nitrogens is 4. The van der Waals surface area contributed by atoms with Gasteiger partial charge in [0, 0.05) is 37.8 Å². The highest BCUT2D eigenvalue weighted by Gasteiger charge is 2.43. The highest BCUT2D eigenvalue weighted by atomic mass is 16.2. The van der Waals surface area contributed by atoms with Crippen LogP contribution in [0.15, 0.2) is 18.5 Å². The zero-order chi connectivity index (χ0) is 25.2. The molecule has 3 heterocycles. The van der Waals surface area contributed by atoms with Gasteiger partial charge in [0.1, 0.15) is 17.5 Å². The highest BCUT2D eigenvalue weighted by molar-refractivity contribution is 5.93. The van der Waals surface area contributed by atoms with Gasteiger partial charge in [-0.2, -0.15) is 15.4 Å². The Morgan fingerprint density at radius 2 is 2.03 bits per heavy atom. The Morgan fingerprint density at radius 1 is 1.22 bits per heavy atom. The van der Waals surface area contributed by atoms with Crippen LogP contribution in [-0.4, -0.2) is 55.6 Å². The summed E-state index contributed by atoms with van der Waals surface area (Å²) in [5.41, 5.74) is 2.61. The molecule has 11 nitrogen and oxygen atoms in total. The average Bonchev–Trinajstić information content (AvgIpc) is 3.61. The zero-order valence-corrected chi connectivity index (χ0v) is 20.5. The average molecular weight is 496 g/mol. The lowest BCUT2D eigenvalue weighted by molar-refractivity contribution is -0.132. The molecule has 0 bridgehead atoms. The number of nitrogens with zero attached hydrogens (tertiary/aromatic N) is 3. The minimum atomic E-state index is -0.589. The lowest BCUT2D eigenvalue weighted by Crippen LogP contribution is -2.54. The van der Waals surface area contributed by atoms with Crippen molar-refractivity contribution in [1.82, 2.24) is 35.9 Å². The Balaban J connectivity index is 1.33. The molecule has 0 saturated heterocycles. The first-order valence-electron chi connectivity index (χ1n) is 12.8. The summed E-state index contributed by atoms with van der Waals surface area (Å²) >= 11 is 0. The molecule has 192 valence electrons. The zero-order valence-electron chi connectivity index (χ0n) is 20.5. The van der Waals surface area contributed by atoms with E-state index in [2.05, 4.69) is 31.4 Å². The van der Waals surface area contributed by atoms with Crippen LogP contribution in [0.2, 0.25) is 0 Å². The van der Waals surface area contributed by atoms with Crippen LogP contribution < -0.4 is 16.0 Å². The number of nitrogens with one attached hydrogen (secondary N) is 4. The molecule has 1 fully saturated rings. The van der Waals surface area contributed by atoms with Gasteiger partial charge in [0.05, 0.1) is 24.6 Å². The molecule has 3 aliphatic rings. The normalized spacial score (nSPS) is 24.5. The third kappa shape index (κ3) is 4.91. The van der Waals surface area contributed by atoms with Crippen molar-refractivity contribution in [2.45, 2.75) is 83.0 Å². The molecule has 2 aromatic heterocycles. The predicted octanol–water partition coefficient (Wildman–Crippen LogP) is 0.721. The van der Waals surface area contributed by atoms with Gasteiger partial charge in [-0.1, -0.05) is 12.8 Å². The van der Waals surface area contributed by atoms with Crippen molar-refractivity contribution in [2.75, 3.05) is 0 Å². The molecule has 0 spiro atoms. The van der Waals surface area contributed by atoms with Crippen molar-refractivity contribution in [3.63, 3.8) is 0 Å². The molecule has 11 heteroatoms. The molecule has 3 unspecified atom stereocenters. The first kappa shape index (κ1) is 24.2. The Morgan fingerprint density at radius 3 is 2.75 bits per heavy atom. The first-order valence-corrected chi connectivity index (χ1v) is 12.8. The van der Waals surface area contributed by atoms with Gasteiger partial charge in [-0.25, -0.2) is 0 Å². The van der Waals surface area contributed by atoms with Crippen molar-refractivity contribution in [2.24, 2.45) is 11.8 Å². The van der Waals surface area contributed by atoms with Gasteiger partial charge >= 0.3 is 0 Å². The Bertz CT molecular complexity index is 1140. The third-order valence-electron chi connectivity index (χ3n) is 7.85. The van der Waals surface area contributed by atoms with E-state index in [1.54, 1.807) is 6.20 Å². The van der Waals surface area contributed by atoms with E-state index in [0.717, 1.165) is 43.4 Å². The molecule has 3 amide bonds. The lowest BCUT2D eigenvalue weighted by Gasteiger charge is -2.34. The number of H-pyrrole nitrogens is 1. The number of aromatic amines is 1. The molecule has 4 atom stereocenters. The van der Waals surface area contributed by atoms with Crippen LogP contribution in [0.4, 0.5) is 0 Å². The number of Topliss-reactive ketones (excluding diaryl/α,β-unsaturated/α-hetero) is 1. The van der Waals surface area contributed by atoms with Crippen LogP contribution in [0.25, 0.3) is 0 Å². The number of hydrogen-bond acceptors (Lipinski definition) is 6. The molecular weight excluding hydrogens is 462 g/mol. The largest absolute Gasteiger partial charge is 0.350 e. The quantitative estimate of drug-likeness (QED) is 0.444. The number of ketones is 1. The topological polar surface area (TPSA) is 151 Å². The van der Waals surface area contributed by atoms with Gasteiger partial charge < -0.3 is 20.5 Å². The van der Waals surface area contributed by atoms with Crippen LogP contribution in [0.5, 0.6) is 0 Å². The fourth-order valence-electron chi connectivity index (χ4n) is 6.14. The van der Waals surface area contributed by atoms with Crippen LogP contribution in [0.3, 0.4) is 0 Å². The van der Waals surface area contributed by atoms with Gasteiger partial charge in [-0.05, 0) is 43.2 Å². The summed E-state index contributed by atoms with van der Waals surface area (Å²) in [5, 5.41) is 19.0. The van der Waals surface area contributed by atoms with Crippen molar-refractivity contribution in [3.05, 3.63) is 35.4 Å². The summed E-state index contributed by atoms with van der Waals surface area (Å²) in [4.78, 5) is 51.8. The summed E-state index contributed by atoms with van der Waals surface area (Å²) in [6, 6.07) is 1.05. The molecular formula is C25H33N7O4. The maximum Gasteiger partial charge on any atom is 0.243 e. The second-order valence-corrected chi connectivity index (χ2v) is 10.3.